The van der Waals surface area contributed by atoms with E-state index >= 15 is 0 Å². The van der Waals surface area contributed by atoms with Gasteiger partial charge in [-0.05, 0) is 41.9 Å². The van der Waals surface area contributed by atoms with Crippen LogP contribution in [0.25, 0.3) is 0 Å². The molecule has 17 heavy (non-hydrogen) atoms. The number of nitrogens with zero attached hydrogens (tertiary/aromatic N) is 1. The first kappa shape index (κ1) is 12.6. The van der Waals surface area contributed by atoms with Crippen LogP contribution in [0.4, 0.5) is 0 Å². The average molecular weight is 298 g/mol. The van der Waals surface area contributed by atoms with Crippen LogP contribution in [-0.4, -0.2) is 36.1 Å². The van der Waals surface area contributed by atoms with Gasteiger partial charge < -0.3 is 9.64 Å². The summed E-state index contributed by atoms with van der Waals surface area (Å²) in [5.74, 6) is 0.0609. The van der Waals surface area contributed by atoms with Crippen LogP contribution >= 0.6 is 15.9 Å². The van der Waals surface area contributed by atoms with E-state index in [9.17, 15) is 4.79 Å². The van der Waals surface area contributed by atoms with Crippen LogP contribution in [0.5, 0.6) is 0 Å². The van der Waals surface area contributed by atoms with Gasteiger partial charge in [0, 0.05) is 11.0 Å². The van der Waals surface area contributed by atoms with Gasteiger partial charge in [-0.2, -0.15) is 0 Å². The second-order valence-electron chi connectivity index (χ2n) is 4.80. The van der Waals surface area contributed by atoms with Gasteiger partial charge in [-0.1, -0.05) is 12.1 Å². The second kappa shape index (κ2) is 4.78. The molecule has 1 heterocycles. The van der Waals surface area contributed by atoms with Crippen molar-refractivity contribution in [1.29, 1.82) is 0 Å². The zero-order valence-electron chi connectivity index (χ0n) is 10.1. The number of halogens is 1. The third kappa shape index (κ3) is 2.53. The van der Waals surface area contributed by atoms with Gasteiger partial charge in [0.05, 0.1) is 24.3 Å². The van der Waals surface area contributed by atoms with Crippen molar-refractivity contribution in [3.63, 3.8) is 0 Å². The van der Waals surface area contributed by atoms with E-state index in [1.807, 2.05) is 43.0 Å². The fourth-order valence-electron chi connectivity index (χ4n) is 2.01. The first-order chi connectivity index (χ1) is 8.02. The Morgan fingerprint density at radius 3 is 2.76 bits per heavy atom. The lowest BCUT2D eigenvalue weighted by atomic mass is 10.0. The molecular formula is C13H16BrNO2. The van der Waals surface area contributed by atoms with Gasteiger partial charge >= 0.3 is 0 Å². The van der Waals surface area contributed by atoms with Crippen molar-refractivity contribution in [3.8, 4) is 0 Å². The minimum Gasteiger partial charge on any atom is -0.377 e. The highest BCUT2D eigenvalue weighted by atomic mass is 79.9. The summed E-state index contributed by atoms with van der Waals surface area (Å²) < 4.78 is 6.27. The molecule has 0 aromatic heterocycles. The third-order valence-electron chi connectivity index (χ3n) is 2.99. The maximum absolute atomic E-state index is 12.5. The van der Waals surface area contributed by atoms with Crippen LogP contribution in [0, 0.1) is 0 Å². The van der Waals surface area contributed by atoms with Crippen LogP contribution in [-0.2, 0) is 4.74 Å². The lowest BCUT2D eigenvalue weighted by Crippen LogP contribution is -2.55. The van der Waals surface area contributed by atoms with Crippen molar-refractivity contribution in [3.05, 3.63) is 34.3 Å². The quantitative estimate of drug-likeness (QED) is 0.798. The van der Waals surface area contributed by atoms with E-state index in [1.165, 1.54) is 0 Å². The number of morpholine rings is 1. The largest absolute Gasteiger partial charge is 0.377 e. The van der Waals surface area contributed by atoms with Gasteiger partial charge in [0.15, 0.2) is 0 Å². The molecule has 2 rings (SSSR count). The zero-order valence-corrected chi connectivity index (χ0v) is 11.7. The van der Waals surface area contributed by atoms with Crippen LogP contribution in [0.1, 0.15) is 24.2 Å². The Morgan fingerprint density at radius 2 is 2.12 bits per heavy atom. The topological polar surface area (TPSA) is 29.5 Å². The number of carbonyl (C=O) groups excluding carboxylic acids is 1. The molecule has 0 N–H and O–H groups in total. The van der Waals surface area contributed by atoms with Crippen LogP contribution in [0.3, 0.4) is 0 Å². The van der Waals surface area contributed by atoms with Crippen LogP contribution < -0.4 is 0 Å². The molecule has 0 aliphatic carbocycles. The molecule has 1 saturated heterocycles. The minimum absolute atomic E-state index is 0.0609. The fraction of sp³-hybridized carbons (Fsp3) is 0.462. The molecule has 0 saturated carbocycles. The predicted octanol–water partition coefficient (Wildman–Crippen LogP) is 2.70. The van der Waals surface area contributed by atoms with Crippen molar-refractivity contribution in [2.24, 2.45) is 0 Å². The van der Waals surface area contributed by atoms with E-state index in [4.69, 9.17) is 4.74 Å². The van der Waals surface area contributed by atoms with Crippen molar-refractivity contribution < 1.29 is 9.53 Å². The molecule has 0 spiro atoms. The molecule has 1 aliphatic heterocycles. The Morgan fingerprint density at radius 1 is 1.41 bits per heavy atom. The van der Waals surface area contributed by atoms with E-state index < -0.39 is 0 Å². The van der Waals surface area contributed by atoms with Gasteiger partial charge in [-0.25, -0.2) is 0 Å². The molecule has 1 amide bonds. The number of rotatable bonds is 1. The molecule has 1 aromatic carbocycles. The summed E-state index contributed by atoms with van der Waals surface area (Å²) >= 11 is 3.42. The van der Waals surface area contributed by atoms with Crippen molar-refractivity contribution in [1.82, 2.24) is 4.90 Å². The highest BCUT2D eigenvalue weighted by Crippen LogP contribution is 2.24. The summed E-state index contributed by atoms with van der Waals surface area (Å²) in [5.41, 5.74) is 0.465. The van der Waals surface area contributed by atoms with E-state index in [-0.39, 0.29) is 11.4 Å². The lowest BCUT2D eigenvalue weighted by molar-refractivity contribution is -0.0371. The summed E-state index contributed by atoms with van der Waals surface area (Å²) in [6.07, 6.45) is 0. The standard InChI is InChI=1S/C13H16BrNO2/c1-13(2)9-17-8-7-15(13)12(16)10-5-3-4-6-11(10)14/h3-6H,7-9H2,1-2H3. The summed E-state index contributed by atoms with van der Waals surface area (Å²) in [4.78, 5) is 14.4. The van der Waals surface area contributed by atoms with Gasteiger partial charge in [0.25, 0.3) is 5.91 Å². The number of amides is 1. The average Bonchev–Trinajstić information content (AvgIpc) is 2.28. The van der Waals surface area contributed by atoms with Crippen LogP contribution in [0.2, 0.25) is 0 Å². The molecule has 1 fully saturated rings. The number of carbonyl (C=O) groups is 1. The molecule has 4 heteroatoms. The summed E-state index contributed by atoms with van der Waals surface area (Å²) in [7, 11) is 0. The van der Waals surface area contributed by atoms with Gasteiger partial charge in [0.2, 0.25) is 0 Å². The van der Waals surface area contributed by atoms with Gasteiger partial charge in [-0.15, -0.1) is 0 Å². The Kier molecular flexibility index (Phi) is 3.54. The first-order valence-corrected chi connectivity index (χ1v) is 6.46. The third-order valence-corrected chi connectivity index (χ3v) is 3.69. The first-order valence-electron chi connectivity index (χ1n) is 5.66. The summed E-state index contributed by atoms with van der Waals surface area (Å²) in [6, 6.07) is 7.52. The fourth-order valence-corrected chi connectivity index (χ4v) is 2.47. The normalized spacial score (nSPS) is 19.1. The number of ether oxygens (including phenoxy) is 1. The van der Waals surface area contributed by atoms with Gasteiger partial charge in [-0.3, -0.25) is 4.79 Å². The molecule has 0 bridgehead atoms. The number of hydrogen-bond acceptors (Lipinski definition) is 2. The minimum atomic E-state index is -0.245. The molecule has 92 valence electrons. The Labute approximate surface area is 110 Å². The monoisotopic (exact) mass is 297 g/mol. The van der Waals surface area contributed by atoms with Crippen molar-refractivity contribution >= 4 is 21.8 Å². The number of benzene rings is 1. The molecule has 1 aromatic rings. The Hall–Kier alpha value is -0.870. The molecule has 1 aliphatic rings. The van der Waals surface area contributed by atoms with E-state index in [0.29, 0.717) is 25.3 Å². The maximum Gasteiger partial charge on any atom is 0.255 e. The lowest BCUT2D eigenvalue weighted by Gasteiger charge is -2.42. The molecule has 0 atom stereocenters. The smallest absolute Gasteiger partial charge is 0.255 e. The summed E-state index contributed by atoms with van der Waals surface area (Å²) in [6.45, 7) is 5.90. The van der Waals surface area contributed by atoms with E-state index in [2.05, 4.69) is 15.9 Å². The molecule has 0 unspecified atom stereocenters. The summed E-state index contributed by atoms with van der Waals surface area (Å²) in [5, 5.41) is 0. The predicted molar refractivity (Wildman–Crippen MR) is 70.1 cm³/mol. The van der Waals surface area contributed by atoms with Gasteiger partial charge in [0.1, 0.15) is 0 Å². The SMILES string of the molecule is CC1(C)COCCN1C(=O)c1ccccc1Br. The maximum atomic E-state index is 12.5. The van der Waals surface area contributed by atoms with Crippen molar-refractivity contribution in [2.75, 3.05) is 19.8 Å². The zero-order chi connectivity index (χ0) is 12.5. The van der Waals surface area contributed by atoms with Crippen molar-refractivity contribution in [2.45, 2.75) is 19.4 Å². The molecule has 0 radical (unpaired) electrons. The van der Waals surface area contributed by atoms with E-state index in [1.54, 1.807) is 0 Å². The highest BCUT2D eigenvalue weighted by molar-refractivity contribution is 9.10. The molecule has 3 nitrogen and oxygen atoms in total. The second-order valence-corrected chi connectivity index (χ2v) is 5.66. The highest BCUT2D eigenvalue weighted by Gasteiger charge is 2.34. The molecular weight excluding hydrogens is 282 g/mol. The number of hydrogen-bond donors (Lipinski definition) is 0. The Balaban J connectivity index is 2.28. The van der Waals surface area contributed by atoms with E-state index in [0.717, 1.165) is 4.47 Å². The van der Waals surface area contributed by atoms with Crippen LogP contribution in [0.15, 0.2) is 28.7 Å². The Bertz CT molecular complexity index is 431.